The lowest BCUT2D eigenvalue weighted by Gasteiger charge is -2.20. The molecule has 2 amide bonds. The Balaban J connectivity index is 2.66. The van der Waals surface area contributed by atoms with Crippen LogP contribution in [0, 0.1) is 6.92 Å². The molecule has 6 heteroatoms. The topological polar surface area (TPSA) is 72.9 Å². The number of hydrogen-bond donors (Lipinski definition) is 2. The Morgan fingerprint density at radius 3 is 2.35 bits per heavy atom. The molecule has 0 saturated carbocycles. The SMILES string of the molecule is Cc1cc(NC(=O)N(C)CCN(C)C)ccc1C(=O)O. The van der Waals surface area contributed by atoms with Gasteiger partial charge in [0.15, 0.2) is 0 Å². The van der Waals surface area contributed by atoms with Gasteiger partial charge in [-0.25, -0.2) is 9.59 Å². The molecule has 110 valence electrons. The number of carbonyl (C=O) groups excluding carboxylic acids is 1. The lowest BCUT2D eigenvalue weighted by Crippen LogP contribution is -2.36. The number of carboxylic acids is 1. The molecule has 1 aromatic carbocycles. The Morgan fingerprint density at radius 2 is 1.85 bits per heavy atom. The molecule has 0 aliphatic rings. The molecule has 0 heterocycles. The van der Waals surface area contributed by atoms with E-state index in [-0.39, 0.29) is 11.6 Å². The zero-order valence-electron chi connectivity index (χ0n) is 12.3. The van der Waals surface area contributed by atoms with Gasteiger partial charge in [0.1, 0.15) is 0 Å². The predicted octanol–water partition coefficient (Wildman–Crippen LogP) is 1.72. The first kappa shape index (κ1) is 16.0. The fourth-order valence-electron chi connectivity index (χ4n) is 1.65. The van der Waals surface area contributed by atoms with Crippen molar-refractivity contribution >= 4 is 17.7 Å². The molecule has 0 fully saturated rings. The second-order valence-corrected chi connectivity index (χ2v) is 4.99. The number of amides is 2. The lowest BCUT2D eigenvalue weighted by molar-refractivity contribution is 0.0696. The summed E-state index contributed by atoms with van der Waals surface area (Å²) >= 11 is 0. The van der Waals surface area contributed by atoms with E-state index in [1.54, 1.807) is 31.0 Å². The lowest BCUT2D eigenvalue weighted by atomic mass is 10.1. The van der Waals surface area contributed by atoms with Crippen molar-refractivity contribution in [1.29, 1.82) is 0 Å². The van der Waals surface area contributed by atoms with Crippen molar-refractivity contribution in [2.24, 2.45) is 0 Å². The minimum absolute atomic E-state index is 0.214. The summed E-state index contributed by atoms with van der Waals surface area (Å²) in [6.45, 7) is 3.10. The van der Waals surface area contributed by atoms with Gasteiger partial charge in [-0.3, -0.25) is 0 Å². The maximum atomic E-state index is 11.9. The van der Waals surface area contributed by atoms with E-state index in [9.17, 15) is 9.59 Å². The van der Waals surface area contributed by atoms with Crippen molar-refractivity contribution in [3.05, 3.63) is 29.3 Å². The summed E-state index contributed by atoms with van der Waals surface area (Å²) in [5, 5.41) is 11.7. The van der Waals surface area contributed by atoms with Crippen molar-refractivity contribution < 1.29 is 14.7 Å². The molecule has 1 aromatic rings. The van der Waals surface area contributed by atoms with Crippen LogP contribution in [0.4, 0.5) is 10.5 Å². The van der Waals surface area contributed by atoms with Crippen LogP contribution >= 0.6 is 0 Å². The molecule has 1 rings (SSSR count). The van der Waals surface area contributed by atoms with E-state index >= 15 is 0 Å². The molecular weight excluding hydrogens is 258 g/mol. The first-order valence-electron chi connectivity index (χ1n) is 6.32. The number of rotatable bonds is 5. The van der Waals surface area contributed by atoms with Crippen LogP contribution in [-0.2, 0) is 0 Å². The third kappa shape index (κ3) is 4.55. The van der Waals surface area contributed by atoms with Crippen LogP contribution in [0.2, 0.25) is 0 Å². The van der Waals surface area contributed by atoms with Crippen LogP contribution in [-0.4, -0.2) is 61.1 Å². The number of nitrogens with one attached hydrogen (secondary N) is 1. The van der Waals surface area contributed by atoms with Crippen molar-refractivity contribution in [3.8, 4) is 0 Å². The summed E-state index contributed by atoms with van der Waals surface area (Å²) in [6, 6.07) is 4.52. The summed E-state index contributed by atoms with van der Waals surface area (Å²) in [5.74, 6) is -0.969. The van der Waals surface area contributed by atoms with Gasteiger partial charge in [-0.2, -0.15) is 0 Å². The number of hydrogen-bond acceptors (Lipinski definition) is 3. The van der Waals surface area contributed by atoms with E-state index < -0.39 is 5.97 Å². The largest absolute Gasteiger partial charge is 0.478 e. The van der Waals surface area contributed by atoms with Crippen LogP contribution in [0.25, 0.3) is 0 Å². The average molecular weight is 279 g/mol. The van der Waals surface area contributed by atoms with Gasteiger partial charge < -0.3 is 20.2 Å². The highest BCUT2D eigenvalue weighted by molar-refractivity contribution is 5.92. The first-order chi connectivity index (χ1) is 9.31. The zero-order chi connectivity index (χ0) is 15.3. The molecule has 0 spiro atoms. The molecule has 0 bridgehead atoms. The Labute approximate surface area is 119 Å². The highest BCUT2D eigenvalue weighted by Crippen LogP contribution is 2.15. The fourth-order valence-corrected chi connectivity index (χ4v) is 1.65. The Bertz CT molecular complexity index is 500. The number of urea groups is 1. The molecule has 0 unspecified atom stereocenters. The molecule has 0 atom stereocenters. The molecule has 0 aliphatic heterocycles. The molecular formula is C14H21N3O3. The van der Waals surface area contributed by atoms with Crippen LogP contribution in [0.15, 0.2) is 18.2 Å². The Morgan fingerprint density at radius 1 is 1.20 bits per heavy atom. The monoisotopic (exact) mass is 279 g/mol. The Kier molecular flexibility index (Phi) is 5.52. The number of nitrogens with zero attached hydrogens (tertiary/aromatic N) is 2. The third-order valence-corrected chi connectivity index (χ3v) is 2.94. The van der Waals surface area contributed by atoms with Gasteiger partial charge in [0.05, 0.1) is 5.56 Å². The van der Waals surface area contributed by atoms with Crippen molar-refractivity contribution in [2.45, 2.75) is 6.92 Å². The molecule has 20 heavy (non-hydrogen) atoms. The highest BCUT2D eigenvalue weighted by Gasteiger charge is 2.11. The smallest absolute Gasteiger partial charge is 0.335 e. The second kappa shape index (κ2) is 6.91. The number of aryl methyl sites for hydroxylation is 1. The summed E-state index contributed by atoms with van der Waals surface area (Å²) in [7, 11) is 5.61. The van der Waals surface area contributed by atoms with E-state index in [1.165, 1.54) is 6.07 Å². The molecule has 0 radical (unpaired) electrons. The number of benzene rings is 1. The predicted molar refractivity (Wildman–Crippen MR) is 78.3 cm³/mol. The first-order valence-corrected chi connectivity index (χ1v) is 6.32. The molecule has 0 saturated heterocycles. The number of carbonyl (C=O) groups is 2. The van der Waals surface area contributed by atoms with E-state index in [1.807, 2.05) is 19.0 Å². The molecule has 2 N–H and O–H groups in total. The van der Waals surface area contributed by atoms with Gasteiger partial charge in [-0.15, -0.1) is 0 Å². The number of carboxylic acid groups (broad SMARTS) is 1. The van der Waals surface area contributed by atoms with E-state index in [0.29, 0.717) is 17.8 Å². The van der Waals surface area contributed by atoms with Crippen molar-refractivity contribution in [2.75, 3.05) is 39.5 Å². The highest BCUT2D eigenvalue weighted by atomic mass is 16.4. The van der Waals surface area contributed by atoms with Gasteiger partial charge in [-0.1, -0.05) is 0 Å². The van der Waals surface area contributed by atoms with Crippen molar-refractivity contribution in [3.63, 3.8) is 0 Å². The number of aromatic carboxylic acids is 1. The minimum atomic E-state index is -0.969. The van der Waals surface area contributed by atoms with Crippen LogP contribution < -0.4 is 5.32 Å². The van der Waals surface area contributed by atoms with Gasteiger partial charge in [0.2, 0.25) is 0 Å². The van der Waals surface area contributed by atoms with Crippen LogP contribution in [0.1, 0.15) is 15.9 Å². The standard InChI is InChI=1S/C14H21N3O3/c1-10-9-11(5-6-12(10)13(18)19)15-14(20)17(4)8-7-16(2)3/h5-6,9H,7-8H2,1-4H3,(H,15,20)(H,18,19). The summed E-state index contributed by atoms with van der Waals surface area (Å²) < 4.78 is 0. The second-order valence-electron chi connectivity index (χ2n) is 4.99. The van der Waals surface area contributed by atoms with Crippen molar-refractivity contribution in [1.82, 2.24) is 9.80 Å². The number of anilines is 1. The molecule has 6 nitrogen and oxygen atoms in total. The maximum absolute atomic E-state index is 11.9. The maximum Gasteiger partial charge on any atom is 0.335 e. The zero-order valence-corrected chi connectivity index (χ0v) is 12.3. The molecule has 0 aliphatic carbocycles. The quantitative estimate of drug-likeness (QED) is 0.860. The van der Waals surface area contributed by atoms with Crippen LogP contribution in [0.5, 0.6) is 0 Å². The van der Waals surface area contributed by atoms with Gasteiger partial charge >= 0.3 is 12.0 Å². The van der Waals surface area contributed by atoms with E-state index in [0.717, 1.165) is 6.54 Å². The fraction of sp³-hybridized carbons (Fsp3) is 0.429. The summed E-state index contributed by atoms with van der Waals surface area (Å²) in [4.78, 5) is 26.4. The summed E-state index contributed by atoms with van der Waals surface area (Å²) in [5.41, 5.74) is 1.45. The molecule has 0 aromatic heterocycles. The number of likely N-dealkylation sites (N-methyl/N-ethyl adjacent to an activating group) is 2. The van der Waals surface area contributed by atoms with Gasteiger partial charge in [0.25, 0.3) is 0 Å². The normalized spacial score (nSPS) is 10.4. The van der Waals surface area contributed by atoms with E-state index in [2.05, 4.69) is 5.32 Å². The summed E-state index contributed by atoms with van der Waals surface area (Å²) in [6.07, 6.45) is 0. The van der Waals surface area contributed by atoms with Gasteiger partial charge in [-0.05, 0) is 44.8 Å². The average Bonchev–Trinajstić information content (AvgIpc) is 2.35. The van der Waals surface area contributed by atoms with Gasteiger partial charge in [0, 0.05) is 25.8 Å². The van der Waals surface area contributed by atoms with E-state index in [4.69, 9.17) is 5.11 Å². The van der Waals surface area contributed by atoms with Crippen LogP contribution in [0.3, 0.4) is 0 Å². The minimum Gasteiger partial charge on any atom is -0.478 e. The Hall–Kier alpha value is -2.08. The third-order valence-electron chi connectivity index (χ3n) is 2.94.